The molecule has 1 aromatic heterocycles. The first-order valence-corrected chi connectivity index (χ1v) is 9.53. The van der Waals surface area contributed by atoms with Gasteiger partial charge in [-0.15, -0.1) is 11.3 Å². The molecule has 0 atom stereocenters. The molecule has 5 nitrogen and oxygen atoms in total. The predicted octanol–water partition coefficient (Wildman–Crippen LogP) is 2.57. The average Bonchev–Trinajstić information content (AvgIpc) is 2.84. The summed E-state index contributed by atoms with van der Waals surface area (Å²) in [6.45, 7) is 6.32. The Kier molecular flexibility index (Phi) is 8.23. The summed E-state index contributed by atoms with van der Waals surface area (Å²) in [7, 11) is -3.50. The molecule has 0 spiro atoms. The molecule has 1 heterocycles. The SMILES string of the molecule is CCOCCN(CCOCC)S(=O)(=O)c1sccc1Br. The predicted molar refractivity (Wildman–Crippen MR) is 83.8 cm³/mol. The summed E-state index contributed by atoms with van der Waals surface area (Å²) in [5, 5.41) is 1.75. The van der Waals surface area contributed by atoms with Crippen LogP contribution in [0.3, 0.4) is 0 Å². The minimum Gasteiger partial charge on any atom is -0.380 e. The van der Waals surface area contributed by atoms with Crippen LogP contribution in [0.1, 0.15) is 13.8 Å². The van der Waals surface area contributed by atoms with Gasteiger partial charge in [0.1, 0.15) is 4.21 Å². The highest BCUT2D eigenvalue weighted by Gasteiger charge is 2.27. The largest absolute Gasteiger partial charge is 0.380 e. The summed E-state index contributed by atoms with van der Waals surface area (Å²) in [5.41, 5.74) is 0. The number of thiophene rings is 1. The summed E-state index contributed by atoms with van der Waals surface area (Å²) in [6.07, 6.45) is 0. The molecule has 1 aromatic rings. The summed E-state index contributed by atoms with van der Waals surface area (Å²) in [4.78, 5) is 0. The van der Waals surface area contributed by atoms with Crippen molar-refractivity contribution >= 4 is 37.3 Å². The van der Waals surface area contributed by atoms with E-state index in [1.54, 1.807) is 11.4 Å². The van der Waals surface area contributed by atoms with E-state index in [1.165, 1.54) is 15.6 Å². The zero-order valence-electron chi connectivity index (χ0n) is 11.7. The number of rotatable bonds is 10. The van der Waals surface area contributed by atoms with Gasteiger partial charge >= 0.3 is 0 Å². The molecule has 20 heavy (non-hydrogen) atoms. The van der Waals surface area contributed by atoms with Gasteiger partial charge < -0.3 is 9.47 Å². The minimum atomic E-state index is -3.50. The van der Waals surface area contributed by atoms with E-state index in [1.807, 2.05) is 13.8 Å². The van der Waals surface area contributed by atoms with Crippen LogP contribution in [0.25, 0.3) is 0 Å². The molecule has 0 aliphatic rings. The van der Waals surface area contributed by atoms with Gasteiger partial charge in [0.2, 0.25) is 0 Å². The Bertz CT molecular complexity index is 479. The van der Waals surface area contributed by atoms with Crippen LogP contribution in [0.15, 0.2) is 20.1 Å². The quantitative estimate of drug-likeness (QED) is 0.580. The van der Waals surface area contributed by atoms with Gasteiger partial charge in [0.15, 0.2) is 0 Å². The molecule has 0 saturated carbocycles. The molecule has 0 aliphatic heterocycles. The van der Waals surface area contributed by atoms with E-state index in [2.05, 4.69) is 15.9 Å². The normalized spacial score (nSPS) is 12.2. The molecular weight excluding hydrogens is 366 g/mol. The first kappa shape index (κ1) is 18.1. The fraction of sp³-hybridized carbons (Fsp3) is 0.667. The summed E-state index contributed by atoms with van der Waals surface area (Å²) in [6, 6.07) is 1.74. The minimum absolute atomic E-state index is 0.325. The second kappa shape index (κ2) is 9.11. The van der Waals surface area contributed by atoms with Crippen molar-refractivity contribution in [3.8, 4) is 0 Å². The molecular formula is C12H20BrNO4S2. The second-order valence-corrected chi connectivity index (χ2v) is 7.76. The molecule has 0 aromatic carbocycles. The molecule has 1 rings (SSSR count). The van der Waals surface area contributed by atoms with Crippen LogP contribution in [0.4, 0.5) is 0 Å². The zero-order chi connectivity index (χ0) is 15.0. The van der Waals surface area contributed by atoms with Gasteiger partial charge in [-0.3, -0.25) is 0 Å². The van der Waals surface area contributed by atoms with E-state index in [9.17, 15) is 8.42 Å². The highest BCUT2D eigenvalue weighted by atomic mass is 79.9. The Morgan fingerprint density at radius 2 is 1.75 bits per heavy atom. The van der Waals surface area contributed by atoms with Crippen molar-refractivity contribution in [2.45, 2.75) is 18.1 Å². The molecule has 0 amide bonds. The summed E-state index contributed by atoms with van der Waals surface area (Å²) >= 11 is 4.48. The summed E-state index contributed by atoms with van der Waals surface area (Å²) < 4.78 is 38.0. The smallest absolute Gasteiger partial charge is 0.253 e. The van der Waals surface area contributed by atoms with Gasteiger partial charge in [-0.05, 0) is 41.2 Å². The highest BCUT2D eigenvalue weighted by Crippen LogP contribution is 2.30. The maximum Gasteiger partial charge on any atom is 0.253 e. The monoisotopic (exact) mass is 385 g/mol. The van der Waals surface area contributed by atoms with Crippen molar-refractivity contribution in [3.05, 3.63) is 15.9 Å². The molecule has 0 aliphatic carbocycles. The van der Waals surface area contributed by atoms with Crippen LogP contribution in [-0.2, 0) is 19.5 Å². The molecule has 116 valence electrons. The Morgan fingerprint density at radius 1 is 1.20 bits per heavy atom. The molecule has 0 saturated heterocycles. The Hall–Kier alpha value is 0.01000. The number of hydrogen-bond donors (Lipinski definition) is 0. The van der Waals surface area contributed by atoms with Crippen molar-refractivity contribution in [2.75, 3.05) is 39.5 Å². The molecule has 0 N–H and O–H groups in total. The first-order chi connectivity index (χ1) is 9.54. The van der Waals surface area contributed by atoms with E-state index in [-0.39, 0.29) is 0 Å². The Labute approximate surface area is 133 Å². The molecule has 0 bridgehead atoms. The number of ether oxygens (including phenoxy) is 2. The standard InChI is InChI=1S/C12H20BrNO4S2/c1-3-17-8-6-14(7-9-18-4-2)20(15,16)12-11(13)5-10-19-12/h5,10H,3-4,6-9H2,1-2H3. The lowest BCUT2D eigenvalue weighted by molar-refractivity contribution is 0.110. The number of hydrogen-bond acceptors (Lipinski definition) is 5. The van der Waals surface area contributed by atoms with Crippen molar-refractivity contribution < 1.29 is 17.9 Å². The topological polar surface area (TPSA) is 55.8 Å². The van der Waals surface area contributed by atoms with Gasteiger partial charge in [-0.25, -0.2) is 8.42 Å². The first-order valence-electron chi connectivity index (χ1n) is 6.42. The Morgan fingerprint density at radius 3 is 2.15 bits per heavy atom. The lowest BCUT2D eigenvalue weighted by Crippen LogP contribution is -2.36. The summed E-state index contributed by atoms with van der Waals surface area (Å²) in [5.74, 6) is 0. The van der Waals surface area contributed by atoms with E-state index in [4.69, 9.17) is 9.47 Å². The fourth-order valence-corrected chi connectivity index (χ4v) is 5.41. The van der Waals surface area contributed by atoms with Crippen LogP contribution >= 0.6 is 27.3 Å². The fourth-order valence-electron chi connectivity index (χ4n) is 1.55. The lowest BCUT2D eigenvalue weighted by Gasteiger charge is -2.21. The third-order valence-electron chi connectivity index (χ3n) is 2.54. The van der Waals surface area contributed by atoms with Gasteiger partial charge in [0.05, 0.1) is 13.2 Å². The molecule has 0 radical (unpaired) electrons. The average molecular weight is 386 g/mol. The lowest BCUT2D eigenvalue weighted by atomic mass is 10.6. The highest BCUT2D eigenvalue weighted by molar-refractivity contribution is 9.10. The Balaban J connectivity index is 2.81. The van der Waals surface area contributed by atoms with E-state index < -0.39 is 10.0 Å². The van der Waals surface area contributed by atoms with Gasteiger partial charge in [-0.1, -0.05) is 0 Å². The van der Waals surface area contributed by atoms with Crippen molar-refractivity contribution in [1.82, 2.24) is 4.31 Å². The number of halogens is 1. The van der Waals surface area contributed by atoms with Gasteiger partial charge in [-0.2, -0.15) is 4.31 Å². The van der Waals surface area contributed by atoms with E-state index in [0.717, 1.165) is 0 Å². The number of sulfonamides is 1. The van der Waals surface area contributed by atoms with Crippen molar-refractivity contribution in [2.24, 2.45) is 0 Å². The third kappa shape index (κ3) is 5.09. The van der Waals surface area contributed by atoms with E-state index >= 15 is 0 Å². The number of nitrogens with zero attached hydrogens (tertiary/aromatic N) is 1. The second-order valence-electron chi connectivity index (χ2n) is 3.85. The maximum atomic E-state index is 12.6. The van der Waals surface area contributed by atoms with Crippen LogP contribution in [0.2, 0.25) is 0 Å². The molecule has 8 heteroatoms. The third-order valence-corrected chi connectivity index (χ3v) is 7.08. The van der Waals surface area contributed by atoms with Crippen molar-refractivity contribution in [3.63, 3.8) is 0 Å². The van der Waals surface area contributed by atoms with E-state index in [0.29, 0.717) is 48.2 Å². The van der Waals surface area contributed by atoms with Gasteiger partial charge in [0.25, 0.3) is 10.0 Å². The zero-order valence-corrected chi connectivity index (χ0v) is 14.9. The maximum absolute atomic E-state index is 12.6. The van der Waals surface area contributed by atoms with Gasteiger partial charge in [0, 0.05) is 30.8 Å². The van der Waals surface area contributed by atoms with Crippen LogP contribution in [-0.4, -0.2) is 52.2 Å². The van der Waals surface area contributed by atoms with Crippen LogP contribution in [0, 0.1) is 0 Å². The molecule has 0 fully saturated rings. The van der Waals surface area contributed by atoms with Crippen LogP contribution in [0.5, 0.6) is 0 Å². The van der Waals surface area contributed by atoms with Crippen LogP contribution < -0.4 is 0 Å². The molecule has 0 unspecified atom stereocenters. The van der Waals surface area contributed by atoms with Crippen molar-refractivity contribution in [1.29, 1.82) is 0 Å².